The van der Waals surface area contributed by atoms with Crippen LogP contribution in [0.15, 0.2) is 6.20 Å². The molecule has 0 radical (unpaired) electrons. The van der Waals surface area contributed by atoms with Gasteiger partial charge >= 0.3 is 0 Å². The van der Waals surface area contributed by atoms with E-state index in [4.69, 9.17) is 0 Å². The van der Waals surface area contributed by atoms with Crippen LogP contribution in [0.2, 0.25) is 0 Å². The Kier molecular flexibility index (Phi) is 4.80. The van der Waals surface area contributed by atoms with Crippen LogP contribution in [0.5, 0.6) is 0 Å². The second-order valence-corrected chi connectivity index (χ2v) is 6.09. The van der Waals surface area contributed by atoms with Crippen molar-refractivity contribution in [2.24, 2.45) is 5.92 Å². The third kappa shape index (κ3) is 3.96. The number of thiazole rings is 1. The van der Waals surface area contributed by atoms with Gasteiger partial charge < -0.3 is 5.32 Å². The van der Waals surface area contributed by atoms with E-state index in [2.05, 4.69) is 29.0 Å². The van der Waals surface area contributed by atoms with Crippen molar-refractivity contribution in [3.05, 3.63) is 11.1 Å². The van der Waals surface area contributed by atoms with Crippen LogP contribution in [0.3, 0.4) is 0 Å². The van der Waals surface area contributed by atoms with Crippen LogP contribution in [0.25, 0.3) is 0 Å². The molecule has 1 fully saturated rings. The van der Waals surface area contributed by atoms with Gasteiger partial charge in [0.15, 0.2) is 5.13 Å². The molecule has 4 heteroatoms. The summed E-state index contributed by atoms with van der Waals surface area (Å²) in [5.41, 5.74) is 0. The van der Waals surface area contributed by atoms with Crippen LogP contribution in [0.1, 0.15) is 38.0 Å². The molecular weight excluding hydrogens is 230 g/mol. The maximum atomic E-state index is 4.39. The summed E-state index contributed by atoms with van der Waals surface area (Å²) in [5, 5.41) is 4.33. The average molecular weight is 253 g/mol. The summed E-state index contributed by atoms with van der Waals surface area (Å²) in [6, 6.07) is 0. The van der Waals surface area contributed by atoms with Crippen molar-refractivity contribution in [2.75, 3.05) is 25.0 Å². The Morgan fingerprint density at radius 2 is 2.35 bits per heavy atom. The van der Waals surface area contributed by atoms with Crippen LogP contribution < -0.4 is 5.32 Å². The highest BCUT2D eigenvalue weighted by Gasteiger charge is 2.14. The third-order valence-corrected chi connectivity index (χ3v) is 4.31. The molecule has 1 aromatic heterocycles. The first-order valence-corrected chi connectivity index (χ1v) is 7.50. The van der Waals surface area contributed by atoms with Gasteiger partial charge in [0.1, 0.15) is 0 Å². The zero-order valence-electron chi connectivity index (χ0n) is 10.9. The maximum absolute atomic E-state index is 4.39. The lowest BCUT2D eigenvalue weighted by molar-refractivity contribution is 0.276. The van der Waals surface area contributed by atoms with Gasteiger partial charge in [0.05, 0.1) is 0 Å². The molecule has 96 valence electrons. The predicted octanol–water partition coefficient (Wildman–Crippen LogP) is 3.20. The Morgan fingerprint density at radius 1 is 1.47 bits per heavy atom. The zero-order valence-corrected chi connectivity index (χ0v) is 11.7. The molecule has 0 aromatic carbocycles. The lowest BCUT2D eigenvalue weighted by Crippen LogP contribution is -2.23. The molecule has 0 aliphatic carbocycles. The highest BCUT2D eigenvalue weighted by molar-refractivity contribution is 7.15. The van der Waals surface area contributed by atoms with Crippen molar-refractivity contribution in [3.8, 4) is 0 Å². The highest BCUT2D eigenvalue weighted by Crippen LogP contribution is 2.22. The molecule has 1 atom stereocenters. The molecule has 0 spiro atoms. The predicted molar refractivity (Wildman–Crippen MR) is 74.6 cm³/mol. The molecule has 3 nitrogen and oxygen atoms in total. The minimum atomic E-state index is 0.902. The summed E-state index contributed by atoms with van der Waals surface area (Å²) in [4.78, 5) is 8.35. The van der Waals surface area contributed by atoms with Crippen LogP contribution in [0, 0.1) is 5.92 Å². The summed E-state index contributed by atoms with van der Waals surface area (Å²) >= 11 is 1.79. The molecule has 0 amide bonds. The Bertz CT molecular complexity index is 337. The Morgan fingerprint density at radius 3 is 3.18 bits per heavy atom. The lowest BCUT2D eigenvalue weighted by Gasteiger charge is -2.18. The lowest BCUT2D eigenvalue weighted by atomic mass is 10.0. The SMILES string of the molecule is CCNc1ncc(CN2CCCC(C)CC2)s1. The second kappa shape index (κ2) is 6.36. The number of aromatic nitrogens is 1. The Balaban J connectivity index is 1.86. The van der Waals surface area contributed by atoms with E-state index in [1.807, 2.05) is 6.20 Å². The summed E-state index contributed by atoms with van der Waals surface area (Å²) in [7, 11) is 0. The van der Waals surface area contributed by atoms with Crippen molar-refractivity contribution in [1.82, 2.24) is 9.88 Å². The van der Waals surface area contributed by atoms with Crippen LogP contribution in [-0.4, -0.2) is 29.5 Å². The van der Waals surface area contributed by atoms with Crippen molar-refractivity contribution in [2.45, 2.75) is 39.7 Å². The molecule has 2 heterocycles. The average Bonchev–Trinajstić information content (AvgIpc) is 2.63. The van der Waals surface area contributed by atoms with E-state index >= 15 is 0 Å². The summed E-state index contributed by atoms with van der Waals surface area (Å²) < 4.78 is 0. The van der Waals surface area contributed by atoms with E-state index in [-0.39, 0.29) is 0 Å². The van der Waals surface area contributed by atoms with Gasteiger partial charge in [0.25, 0.3) is 0 Å². The fourth-order valence-corrected chi connectivity index (χ4v) is 3.24. The van der Waals surface area contributed by atoms with E-state index in [1.165, 1.54) is 37.2 Å². The fraction of sp³-hybridized carbons (Fsp3) is 0.769. The van der Waals surface area contributed by atoms with Gasteiger partial charge in [-0.1, -0.05) is 6.92 Å². The van der Waals surface area contributed by atoms with Crippen molar-refractivity contribution >= 4 is 16.5 Å². The fourth-order valence-electron chi connectivity index (χ4n) is 2.31. The second-order valence-electron chi connectivity index (χ2n) is 4.97. The molecule has 0 saturated carbocycles. The number of hydrogen-bond donors (Lipinski definition) is 1. The van der Waals surface area contributed by atoms with Gasteiger partial charge in [-0.3, -0.25) is 4.90 Å². The van der Waals surface area contributed by atoms with Crippen molar-refractivity contribution < 1.29 is 0 Å². The van der Waals surface area contributed by atoms with Gasteiger partial charge in [-0.25, -0.2) is 4.98 Å². The number of anilines is 1. The first-order chi connectivity index (χ1) is 8.28. The topological polar surface area (TPSA) is 28.2 Å². The smallest absolute Gasteiger partial charge is 0.182 e. The summed E-state index contributed by atoms with van der Waals surface area (Å²) in [6.07, 6.45) is 6.11. The normalized spacial score (nSPS) is 22.4. The molecule has 1 aliphatic heterocycles. The monoisotopic (exact) mass is 253 g/mol. The zero-order chi connectivity index (χ0) is 12.1. The van der Waals surface area contributed by atoms with E-state index in [0.717, 1.165) is 24.1 Å². The summed E-state index contributed by atoms with van der Waals surface area (Å²) in [5.74, 6) is 0.902. The first-order valence-electron chi connectivity index (χ1n) is 6.69. The highest BCUT2D eigenvalue weighted by atomic mass is 32.1. The first kappa shape index (κ1) is 12.8. The van der Waals surface area contributed by atoms with Crippen LogP contribution >= 0.6 is 11.3 Å². The largest absolute Gasteiger partial charge is 0.362 e. The van der Waals surface area contributed by atoms with Crippen molar-refractivity contribution in [3.63, 3.8) is 0 Å². The molecular formula is C13H23N3S. The minimum absolute atomic E-state index is 0.902. The van der Waals surface area contributed by atoms with E-state index in [0.29, 0.717) is 0 Å². The summed E-state index contributed by atoms with van der Waals surface area (Å²) in [6.45, 7) is 9.01. The maximum Gasteiger partial charge on any atom is 0.182 e. The molecule has 1 aromatic rings. The number of hydrogen-bond acceptors (Lipinski definition) is 4. The molecule has 2 rings (SSSR count). The molecule has 0 bridgehead atoms. The van der Waals surface area contributed by atoms with Gasteiger partial charge in [-0.05, 0) is 45.2 Å². The molecule has 1 saturated heterocycles. The molecule has 1 N–H and O–H groups in total. The standard InChI is InChI=1S/C13H23N3S/c1-3-14-13-15-9-12(17-13)10-16-7-4-5-11(2)6-8-16/h9,11H,3-8,10H2,1-2H3,(H,14,15). The number of nitrogens with zero attached hydrogens (tertiary/aromatic N) is 2. The minimum Gasteiger partial charge on any atom is -0.362 e. The Labute approximate surface area is 108 Å². The van der Waals surface area contributed by atoms with Crippen LogP contribution in [-0.2, 0) is 6.54 Å². The van der Waals surface area contributed by atoms with E-state index in [1.54, 1.807) is 11.3 Å². The van der Waals surface area contributed by atoms with E-state index in [9.17, 15) is 0 Å². The van der Waals surface area contributed by atoms with Crippen LogP contribution in [0.4, 0.5) is 5.13 Å². The number of nitrogens with one attached hydrogen (secondary N) is 1. The molecule has 1 unspecified atom stereocenters. The van der Waals surface area contributed by atoms with E-state index < -0.39 is 0 Å². The molecule has 17 heavy (non-hydrogen) atoms. The van der Waals surface area contributed by atoms with Gasteiger partial charge in [0, 0.05) is 24.2 Å². The number of rotatable bonds is 4. The number of likely N-dealkylation sites (tertiary alicyclic amines) is 1. The quantitative estimate of drug-likeness (QED) is 0.893. The Hall–Kier alpha value is -0.610. The van der Waals surface area contributed by atoms with Crippen molar-refractivity contribution in [1.29, 1.82) is 0 Å². The van der Waals surface area contributed by atoms with Gasteiger partial charge in [-0.15, -0.1) is 11.3 Å². The third-order valence-electron chi connectivity index (χ3n) is 3.37. The molecule has 1 aliphatic rings. The van der Waals surface area contributed by atoms with Gasteiger partial charge in [0.2, 0.25) is 0 Å². The van der Waals surface area contributed by atoms with Gasteiger partial charge in [-0.2, -0.15) is 0 Å².